The van der Waals surface area contributed by atoms with E-state index in [0.717, 1.165) is 31.8 Å². The molecule has 0 radical (unpaired) electrons. The van der Waals surface area contributed by atoms with E-state index in [4.69, 9.17) is 0 Å². The Kier molecular flexibility index (Phi) is 4.00. The lowest BCUT2D eigenvalue weighted by Crippen LogP contribution is -2.44. The first-order chi connectivity index (χ1) is 10.1. The summed E-state index contributed by atoms with van der Waals surface area (Å²) in [5.41, 5.74) is 0.525. The van der Waals surface area contributed by atoms with Gasteiger partial charge >= 0.3 is 0 Å². The van der Waals surface area contributed by atoms with Crippen molar-refractivity contribution in [2.75, 3.05) is 13.1 Å². The van der Waals surface area contributed by atoms with Crippen LogP contribution in [0.15, 0.2) is 0 Å². The number of hydrogen-bond acceptors (Lipinski definition) is 3. The molecule has 1 saturated carbocycles. The lowest BCUT2D eigenvalue weighted by atomic mass is 9.68. The number of hydrogen-bond donors (Lipinski definition) is 1. The summed E-state index contributed by atoms with van der Waals surface area (Å²) in [6, 6.07) is 0. The van der Waals surface area contributed by atoms with Crippen molar-refractivity contribution in [1.82, 2.24) is 20.1 Å². The second kappa shape index (κ2) is 5.78. The summed E-state index contributed by atoms with van der Waals surface area (Å²) in [5, 5.41) is 6.96. The van der Waals surface area contributed by atoms with Crippen LogP contribution in [0, 0.1) is 5.41 Å². The summed E-state index contributed by atoms with van der Waals surface area (Å²) in [5.74, 6) is 1.38. The average molecular weight is 290 g/mol. The van der Waals surface area contributed by atoms with Crippen LogP contribution in [0.5, 0.6) is 0 Å². The molecule has 5 heteroatoms. The zero-order valence-corrected chi connectivity index (χ0v) is 13.2. The van der Waals surface area contributed by atoms with Crippen LogP contribution >= 0.6 is 0 Å². The van der Waals surface area contributed by atoms with Crippen molar-refractivity contribution in [3.63, 3.8) is 0 Å². The van der Waals surface area contributed by atoms with E-state index in [1.54, 1.807) is 0 Å². The van der Waals surface area contributed by atoms with Crippen LogP contribution in [-0.2, 0) is 0 Å². The summed E-state index contributed by atoms with van der Waals surface area (Å²) in [4.78, 5) is 18.8. The molecule has 116 valence electrons. The van der Waals surface area contributed by atoms with Crippen LogP contribution in [0.25, 0.3) is 0 Å². The zero-order valence-electron chi connectivity index (χ0n) is 13.2. The maximum atomic E-state index is 12.5. The van der Waals surface area contributed by atoms with Crippen LogP contribution in [0.3, 0.4) is 0 Å². The maximum Gasteiger partial charge on any atom is 0.293 e. The first-order valence-corrected chi connectivity index (χ1v) is 8.31. The van der Waals surface area contributed by atoms with Crippen LogP contribution < -0.4 is 0 Å². The lowest BCUT2D eigenvalue weighted by Gasteiger charge is -2.44. The molecule has 5 nitrogen and oxygen atoms in total. The Labute approximate surface area is 126 Å². The van der Waals surface area contributed by atoms with Gasteiger partial charge < -0.3 is 4.90 Å². The smallest absolute Gasteiger partial charge is 0.293 e. The second-order valence-corrected chi connectivity index (χ2v) is 7.05. The van der Waals surface area contributed by atoms with Crippen LogP contribution in [-0.4, -0.2) is 39.1 Å². The van der Waals surface area contributed by atoms with Gasteiger partial charge in [0.1, 0.15) is 5.82 Å². The highest BCUT2D eigenvalue weighted by Crippen LogP contribution is 2.44. The van der Waals surface area contributed by atoms with E-state index >= 15 is 0 Å². The summed E-state index contributed by atoms with van der Waals surface area (Å²) in [7, 11) is 0. The Balaban J connectivity index is 1.61. The molecule has 1 aromatic rings. The highest BCUT2D eigenvalue weighted by molar-refractivity contribution is 5.90. The van der Waals surface area contributed by atoms with Crippen molar-refractivity contribution in [3.8, 4) is 0 Å². The minimum Gasteiger partial charge on any atom is -0.336 e. The molecule has 0 atom stereocenters. The van der Waals surface area contributed by atoms with E-state index < -0.39 is 0 Å². The third kappa shape index (κ3) is 2.97. The Morgan fingerprint density at radius 2 is 1.81 bits per heavy atom. The number of carbonyl (C=O) groups is 1. The van der Waals surface area contributed by atoms with Gasteiger partial charge in [0, 0.05) is 19.0 Å². The van der Waals surface area contributed by atoms with E-state index in [0.29, 0.717) is 11.2 Å². The number of nitrogens with one attached hydrogen (secondary N) is 1. The van der Waals surface area contributed by atoms with E-state index in [2.05, 4.69) is 15.2 Å². The van der Waals surface area contributed by atoms with Gasteiger partial charge in [0.15, 0.2) is 0 Å². The molecule has 21 heavy (non-hydrogen) atoms. The van der Waals surface area contributed by atoms with Gasteiger partial charge in [-0.3, -0.25) is 9.89 Å². The predicted octanol–water partition coefficient (Wildman–Crippen LogP) is 3.11. The number of carbonyl (C=O) groups excluding carboxylic acids is 1. The third-order valence-electron chi connectivity index (χ3n) is 5.27. The maximum absolute atomic E-state index is 12.5. The van der Waals surface area contributed by atoms with Crippen molar-refractivity contribution in [2.45, 2.75) is 64.7 Å². The molecule has 1 amide bonds. The molecule has 1 spiro atoms. The standard InChI is InChI=1S/C16H26N4O/c1-12(2)13-17-14(19-18-13)15(21)20-10-8-16(9-11-20)6-4-3-5-7-16/h12H,3-11H2,1-2H3,(H,17,18,19). The second-order valence-electron chi connectivity index (χ2n) is 7.05. The molecule has 0 unspecified atom stereocenters. The van der Waals surface area contributed by atoms with Gasteiger partial charge in [-0.25, -0.2) is 4.98 Å². The fraction of sp³-hybridized carbons (Fsp3) is 0.812. The van der Waals surface area contributed by atoms with Gasteiger partial charge in [-0.1, -0.05) is 33.1 Å². The van der Waals surface area contributed by atoms with Gasteiger partial charge in [-0.2, -0.15) is 0 Å². The van der Waals surface area contributed by atoms with Gasteiger partial charge in [0.25, 0.3) is 5.91 Å². The highest BCUT2D eigenvalue weighted by atomic mass is 16.2. The molecule has 1 aromatic heterocycles. The number of piperidine rings is 1. The number of rotatable bonds is 2. The molecule has 2 aliphatic rings. The zero-order chi connectivity index (χ0) is 14.9. The normalized spacial score (nSPS) is 22.0. The van der Waals surface area contributed by atoms with Gasteiger partial charge in [-0.15, -0.1) is 5.10 Å². The first-order valence-electron chi connectivity index (χ1n) is 8.31. The van der Waals surface area contributed by atoms with Gasteiger partial charge in [0.05, 0.1) is 0 Å². The number of aromatic nitrogens is 3. The molecule has 1 aliphatic carbocycles. The summed E-state index contributed by atoms with van der Waals surface area (Å²) in [6.45, 7) is 5.82. The quantitative estimate of drug-likeness (QED) is 0.910. The molecular formula is C16H26N4O. The number of nitrogens with zero attached hydrogens (tertiary/aromatic N) is 3. The molecule has 1 saturated heterocycles. The fourth-order valence-electron chi connectivity index (χ4n) is 3.76. The van der Waals surface area contributed by atoms with Crippen LogP contribution in [0.2, 0.25) is 0 Å². The van der Waals surface area contributed by atoms with Crippen LogP contribution in [0.4, 0.5) is 0 Å². The molecule has 1 N–H and O–H groups in total. The van der Waals surface area contributed by atoms with E-state index in [1.807, 2.05) is 18.7 Å². The Hall–Kier alpha value is -1.39. The Morgan fingerprint density at radius 1 is 1.14 bits per heavy atom. The first kappa shape index (κ1) is 14.5. The molecule has 2 fully saturated rings. The average Bonchev–Trinajstić information content (AvgIpc) is 2.98. The van der Waals surface area contributed by atoms with Crippen molar-refractivity contribution in [3.05, 3.63) is 11.6 Å². The van der Waals surface area contributed by atoms with Crippen molar-refractivity contribution >= 4 is 5.91 Å². The van der Waals surface area contributed by atoms with E-state index in [1.165, 1.54) is 32.1 Å². The molecule has 2 heterocycles. The molecule has 3 rings (SSSR count). The monoisotopic (exact) mass is 290 g/mol. The topological polar surface area (TPSA) is 61.9 Å². The van der Waals surface area contributed by atoms with Crippen LogP contribution in [0.1, 0.15) is 81.2 Å². The Bertz CT molecular complexity index is 492. The number of aromatic amines is 1. The van der Waals surface area contributed by atoms with Crippen molar-refractivity contribution in [1.29, 1.82) is 0 Å². The molecule has 0 aromatic carbocycles. The minimum atomic E-state index is -0.0104. The molecule has 0 bridgehead atoms. The summed E-state index contributed by atoms with van der Waals surface area (Å²) >= 11 is 0. The van der Waals surface area contributed by atoms with E-state index in [9.17, 15) is 4.79 Å². The van der Waals surface area contributed by atoms with Crippen molar-refractivity contribution in [2.24, 2.45) is 5.41 Å². The number of amides is 1. The van der Waals surface area contributed by atoms with Gasteiger partial charge in [-0.05, 0) is 31.1 Å². The fourth-order valence-corrected chi connectivity index (χ4v) is 3.76. The minimum absolute atomic E-state index is 0.0104. The van der Waals surface area contributed by atoms with Gasteiger partial charge in [0.2, 0.25) is 5.82 Å². The number of likely N-dealkylation sites (tertiary alicyclic amines) is 1. The third-order valence-corrected chi connectivity index (χ3v) is 5.27. The lowest BCUT2D eigenvalue weighted by molar-refractivity contribution is 0.0462. The number of H-pyrrole nitrogens is 1. The predicted molar refractivity (Wildman–Crippen MR) is 81.1 cm³/mol. The highest BCUT2D eigenvalue weighted by Gasteiger charge is 2.37. The summed E-state index contributed by atoms with van der Waals surface area (Å²) in [6.07, 6.45) is 9.14. The van der Waals surface area contributed by atoms with E-state index in [-0.39, 0.29) is 11.8 Å². The molecular weight excluding hydrogens is 264 g/mol. The largest absolute Gasteiger partial charge is 0.336 e. The van der Waals surface area contributed by atoms with Crippen molar-refractivity contribution < 1.29 is 4.79 Å². The molecule has 1 aliphatic heterocycles. The summed E-state index contributed by atoms with van der Waals surface area (Å²) < 4.78 is 0. The Morgan fingerprint density at radius 3 is 2.38 bits per heavy atom. The SMILES string of the molecule is CC(C)c1nc(C(=O)N2CCC3(CCCCC3)CC2)n[nH]1.